The molecule has 1 N–H and O–H groups in total. The molecule has 0 saturated carbocycles. The second-order valence-corrected chi connectivity index (χ2v) is 3.59. The lowest BCUT2D eigenvalue weighted by Crippen LogP contribution is -2.39. The number of rotatable bonds is 4. The molecule has 1 fully saturated rings. The zero-order valence-electron chi connectivity index (χ0n) is 8.42. The Morgan fingerprint density at radius 2 is 2.38 bits per heavy atom. The summed E-state index contributed by atoms with van der Waals surface area (Å²) in [5.74, 6) is 3.21. The van der Waals surface area contributed by atoms with E-state index in [0.717, 1.165) is 19.8 Å². The number of hydrogen-bond donors (Lipinski definition) is 1. The Bertz CT molecular complexity index is 188. The summed E-state index contributed by atoms with van der Waals surface area (Å²) >= 11 is 0. The molecule has 13 heavy (non-hydrogen) atoms. The molecule has 0 aromatic heterocycles. The van der Waals surface area contributed by atoms with Gasteiger partial charge in [0, 0.05) is 18.5 Å². The molecule has 0 spiro atoms. The molecule has 0 aromatic carbocycles. The van der Waals surface area contributed by atoms with E-state index < -0.39 is 0 Å². The Balaban J connectivity index is 2.31. The first kappa shape index (κ1) is 10.5. The van der Waals surface area contributed by atoms with Gasteiger partial charge in [0.05, 0.1) is 19.8 Å². The molecular weight excluding hydrogens is 164 g/mol. The van der Waals surface area contributed by atoms with Gasteiger partial charge in [-0.25, -0.2) is 0 Å². The van der Waals surface area contributed by atoms with E-state index in [1.54, 1.807) is 0 Å². The van der Waals surface area contributed by atoms with Crippen LogP contribution < -0.4 is 5.32 Å². The standard InChI is InChI=1S/C10H18N2O/c1-4-5-12(3)6-9-7-13-8-10(9)11-2/h1,9-11H,5-8H2,2-3H3. The highest BCUT2D eigenvalue weighted by atomic mass is 16.5. The van der Waals surface area contributed by atoms with Gasteiger partial charge in [-0.1, -0.05) is 5.92 Å². The average molecular weight is 182 g/mol. The molecule has 0 radical (unpaired) electrons. The Morgan fingerprint density at radius 1 is 1.62 bits per heavy atom. The normalized spacial score (nSPS) is 27.8. The van der Waals surface area contributed by atoms with Crippen molar-refractivity contribution < 1.29 is 4.74 Å². The van der Waals surface area contributed by atoms with Crippen molar-refractivity contribution in [1.82, 2.24) is 10.2 Å². The molecule has 0 bridgehead atoms. The van der Waals surface area contributed by atoms with Crippen LogP contribution in [0.2, 0.25) is 0 Å². The molecule has 2 unspecified atom stereocenters. The maximum absolute atomic E-state index is 5.40. The third-order valence-corrected chi connectivity index (χ3v) is 2.48. The van der Waals surface area contributed by atoms with Gasteiger partial charge in [-0.3, -0.25) is 4.90 Å². The lowest BCUT2D eigenvalue weighted by atomic mass is 10.0. The fourth-order valence-corrected chi connectivity index (χ4v) is 1.72. The van der Waals surface area contributed by atoms with E-state index >= 15 is 0 Å². The summed E-state index contributed by atoms with van der Waals surface area (Å²) < 4.78 is 5.40. The number of hydrogen-bond acceptors (Lipinski definition) is 3. The van der Waals surface area contributed by atoms with Crippen molar-refractivity contribution in [2.45, 2.75) is 6.04 Å². The van der Waals surface area contributed by atoms with Gasteiger partial charge < -0.3 is 10.1 Å². The number of ether oxygens (including phenoxy) is 1. The van der Waals surface area contributed by atoms with E-state index in [9.17, 15) is 0 Å². The van der Waals surface area contributed by atoms with Crippen molar-refractivity contribution in [3.63, 3.8) is 0 Å². The molecule has 0 aromatic rings. The van der Waals surface area contributed by atoms with Crippen molar-refractivity contribution >= 4 is 0 Å². The highest BCUT2D eigenvalue weighted by Gasteiger charge is 2.27. The molecule has 1 heterocycles. The molecular formula is C10H18N2O. The minimum absolute atomic E-state index is 0.486. The van der Waals surface area contributed by atoms with Crippen LogP contribution in [0.5, 0.6) is 0 Å². The number of likely N-dealkylation sites (N-methyl/N-ethyl adjacent to an activating group) is 1. The van der Waals surface area contributed by atoms with Crippen LogP contribution in [-0.2, 0) is 4.74 Å². The van der Waals surface area contributed by atoms with Crippen molar-refractivity contribution in [3.05, 3.63) is 0 Å². The minimum Gasteiger partial charge on any atom is -0.379 e. The maximum Gasteiger partial charge on any atom is 0.0623 e. The maximum atomic E-state index is 5.40. The van der Waals surface area contributed by atoms with Crippen molar-refractivity contribution in [2.75, 3.05) is 40.4 Å². The SMILES string of the molecule is C#CCN(C)CC1COCC1NC. The lowest BCUT2D eigenvalue weighted by Gasteiger charge is -2.22. The Hall–Kier alpha value is -0.560. The summed E-state index contributed by atoms with van der Waals surface area (Å²) in [6.07, 6.45) is 5.23. The molecule has 0 amide bonds. The third-order valence-electron chi connectivity index (χ3n) is 2.48. The highest BCUT2D eigenvalue weighted by Crippen LogP contribution is 2.13. The predicted molar refractivity (Wildman–Crippen MR) is 53.5 cm³/mol. The summed E-state index contributed by atoms with van der Waals surface area (Å²) in [5.41, 5.74) is 0. The van der Waals surface area contributed by atoms with E-state index in [4.69, 9.17) is 11.2 Å². The number of nitrogens with zero attached hydrogens (tertiary/aromatic N) is 1. The molecule has 1 saturated heterocycles. The summed E-state index contributed by atoms with van der Waals surface area (Å²) in [4.78, 5) is 2.16. The lowest BCUT2D eigenvalue weighted by molar-refractivity contribution is 0.175. The number of terminal acetylenes is 1. The van der Waals surface area contributed by atoms with E-state index in [2.05, 4.69) is 16.1 Å². The van der Waals surface area contributed by atoms with Crippen LogP contribution in [0, 0.1) is 18.3 Å². The van der Waals surface area contributed by atoms with Crippen molar-refractivity contribution in [3.8, 4) is 12.3 Å². The third kappa shape index (κ3) is 3.00. The largest absolute Gasteiger partial charge is 0.379 e. The van der Waals surface area contributed by atoms with Gasteiger partial charge in [-0.2, -0.15) is 0 Å². The Kier molecular flexibility index (Phi) is 4.23. The van der Waals surface area contributed by atoms with Gasteiger partial charge in [0.25, 0.3) is 0 Å². The second-order valence-electron chi connectivity index (χ2n) is 3.59. The molecule has 3 nitrogen and oxygen atoms in total. The van der Waals surface area contributed by atoms with Gasteiger partial charge in [-0.05, 0) is 14.1 Å². The zero-order chi connectivity index (χ0) is 9.68. The molecule has 0 aliphatic carbocycles. The van der Waals surface area contributed by atoms with E-state index in [1.165, 1.54) is 0 Å². The fourth-order valence-electron chi connectivity index (χ4n) is 1.72. The van der Waals surface area contributed by atoms with Crippen LogP contribution in [0.1, 0.15) is 0 Å². The molecule has 74 valence electrons. The first-order chi connectivity index (χ1) is 6.27. The van der Waals surface area contributed by atoms with Gasteiger partial charge in [0.1, 0.15) is 0 Å². The van der Waals surface area contributed by atoms with Crippen molar-refractivity contribution in [1.29, 1.82) is 0 Å². The van der Waals surface area contributed by atoms with Gasteiger partial charge in [0.2, 0.25) is 0 Å². The van der Waals surface area contributed by atoms with Gasteiger partial charge >= 0.3 is 0 Å². The average Bonchev–Trinajstić information content (AvgIpc) is 2.52. The molecule has 1 aliphatic heterocycles. The van der Waals surface area contributed by atoms with E-state index in [0.29, 0.717) is 18.5 Å². The highest BCUT2D eigenvalue weighted by molar-refractivity contribution is 4.89. The zero-order valence-corrected chi connectivity index (χ0v) is 8.42. The Labute approximate surface area is 80.4 Å². The predicted octanol–water partition coefficient (Wildman–Crippen LogP) is -0.214. The first-order valence-corrected chi connectivity index (χ1v) is 4.65. The van der Waals surface area contributed by atoms with E-state index in [-0.39, 0.29) is 0 Å². The summed E-state index contributed by atoms with van der Waals surface area (Å²) in [6.45, 7) is 3.40. The van der Waals surface area contributed by atoms with Crippen molar-refractivity contribution in [2.24, 2.45) is 5.92 Å². The first-order valence-electron chi connectivity index (χ1n) is 4.65. The van der Waals surface area contributed by atoms with Crippen LogP contribution in [0.4, 0.5) is 0 Å². The fraction of sp³-hybridized carbons (Fsp3) is 0.800. The van der Waals surface area contributed by atoms with Crippen LogP contribution >= 0.6 is 0 Å². The van der Waals surface area contributed by atoms with Crippen LogP contribution in [0.15, 0.2) is 0 Å². The number of nitrogens with one attached hydrogen (secondary N) is 1. The van der Waals surface area contributed by atoms with E-state index in [1.807, 2.05) is 14.1 Å². The smallest absolute Gasteiger partial charge is 0.0623 e. The van der Waals surface area contributed by atoms with Crippen LogP contribution in [0.3, 0.4) is 0 Å². The van der Waals surface area contributed by atoms with Crippen LogP contribution in [-0.4, -0.2) is 51.3 Å². The second kappa shape index (κ2) is 5.23. The summed E-state index contributed by atoms with van der Waals surface area (Å²) in [6, 6.07) is 0.486. The van der Waals surface area contributed by atoms with Gasteiger partial charge in [-0.15, -0.1) is 6.42 Å². The summed E-state index contributed by atoms with van der Waals surface area (Å²) in [5, 5.41) is 3.26. The summed E-state index contributed by atoms with van der Waals surface area (Å²) in [7, 11) is 4.03. The monoisotopic (exact) mass is 182 g/mol. The molecule has 3 heteroatoms. The molecule has 1 rings (SSSR count). The van der Waals surface area contributed by atoms with Gasteiger partial charge in [0.15, 0.2) is 0 Å². The molecule has 2 atom stereocenters. The Morgan fingerprint density at radius 3 is 3.00 bits per heavy atom. The van der Waals surface area contributed by atoms with Crippen LogP contribution in [0.25, 0.3) is 0 Å². The molecule has 1 aliphatic rings. The topological polar surface area (TPSA) is 24.5 Å². The minimum atomic E-state index is 0.486. The quantitative estimate of drug-likeness (QED) is 0.609.